The van der Waals surface area contributed by atoms with Crippen molar-refractivity contribution in [2.75, 3.05) is 5.32 Å². The first-order chi connectivity index (χ1) is 9.58. The highest BCUT2D eigenvalue weighted by Crippen LogP contribution is 2.16. The van der Waals surface area contributed by atoms with Crippen LogP contribution in [-0.2, 0) is 13.1 Å². The molecular formula is C13H16ClN5O. The van der Waals surface area contributed by atoms with Gasteiger partial charge < -0.3 is 5.32 Å². The predicted octanol–water partition coefficient (Wildman–Crippen LogP) is 1.95. The second kappa shape index (κ2) is 6.47. The topological polar surface area (TPSA) is 72.7 Å². The number of hydrogen-bond donors (Lipinski definition) is 1. The predicted molar refractivity (Wildman–Crippen MR) is 77.7 cm³/mol. The van der Waals surface area contributed by atoms with Gasteiger partial charge in [-0.2, -0.15) is 5.10 Å². The molecule has 0 saturated heterocycles. The van der Waals surface area contributed by atoms with Crippen molar-refractivity contribution in [1.29, 1.82) is 0 Å². The first-order valence-corrected chi connectivity index (χ1v) is 6.70. The second-order valence-corrected chi connectivity index (χ2v) is 5.19. The van der Waals surface area contributed by atoms with Gasteiger partial charge in [0, 0.05) is 12.7 Å². The molecule has 7 heteroatoms. The van der Waals surface area contributed by atoms with Gasteiger partial charge in [-0.25, -0.2) is 14.6 Å². The molecule has 0 radical (unpaired) electrons. The average molecular weight is 294 g/mol. The van der Waals surface area contributed by atoms with Crippen LogP contribution in [0.1, 0.15) is 19.5 Å². The van der Waals surface area contributed by atoms with E-state index in [1.807, 2.05) is 13.8 Å². The van der Waals surface area contributed by atoms with Crippen molar-refractivity contribution in [3.63, 3.8) is 0 Å². The SMILES string of the molecule is CC(C)Cn1ncc(NCc2ccncn2)c(Cl)c1=O. The van der Waals surface area contributed by atoms with Crippen LogP contribution in [0.4, 0.5) is 5.69 Å². The summed E-state index contributed by atoms with van der Waals surface area (Å²) in [5, 5.41) is 7.32. The molecule has 1 N–H and O–H groups in total. The lowest BCUT2D eigenvalue weighted by atomic mass is 10.2. The molecule has 0 atom stereocenters. The molecule has 0 aliphatic rings. The second-order valence-electron chi connectivity index (χ2n) is 4.81. The molecule has 0 saturated carbocycles. The Morgan fingerprint density at radius 3 is 2.90 bits per heavy atom. The molecule has 2 rings (SSSR count). The normalized spacial score (nSPS) is 10.8. The van der Waals surface area contributed by atoms with E-state index in [0.717, 1.165) is 5.69 Å². The summed E-state index contributed by atoms with van der Waals surface area (Å²) < 4.78 is 1.38. The molecule has 0 amide bonds. The van der Waals surface area contributed by atoms with Crippen LogP contribution in [0.3, 0.4) is 0 Å². The van der Waals surface area contributed by atoms with E-state index in [-0.39, 0.29) is 10.6 Å². The third kappa shape index (κ3) is 3.54. The molecule has 0 spiro atoms. The number of nitrogens with one attached hydrogen (secondary N) is 1. The zero-order valence-corrected chi connectivity index (χ0v) is 12.1. The number of halogens is 1. The Bertz CT molecular complexity index is 626. The van der Waals surface area contributed by atoms with E-state index in [1.165, 1.54) is 11.0 Å². The number of rotatable bonds is 5. The average Bonchev–Trinajstić information content (AvgIpc) is 2.44. The summed E-state index contributed by atoms with van der Waals surface area (Å²) in [5.74, 6) is 0.330. The van der Waals surface area contributed by atoms with Crippen LogP contribution in [0, 0.1) is 5.92 Å². The van der Waals surface area contributed by atoms with E-state index in [9.17, 15) is 4.79 Å². The Labute approximate surface area is 121 Å². The summed E-state index contributed by atoms with van der Waals surface area (Å²) >= 11 is 6.08. The lowest BCUT2D eigenvalue weighted by molar-refractivity contribution is 0.464. The molecule has 0 aliphatic carbocycles. The molecule has 0 unspecified atom stereocenters. The molecular weight excluding hydrogens is 278 g/mol. The van der Waals surface area contributed by atoms with Gasteiger partial charge >= 0.3 is 0 Å². The van der Waals surface area contributed by atoms with Gasteiger partial charge in [0.1, 0.15) is 11.3 Å². The fourth-order valence-corrected chi connectivity index (χ4v) is 1.89. The summed E-state index contributed by atoms with van der Waals surface area (Å²) in [6.45, 7) is 5.04. The van der Waals surface area contributed by atoms with Crippen LogP contribution in [0.5, 0.6) is 0 Å². The molecule has 2 aromatic heterocycles. The van der Waals surface area contributed by atoms with Crippen LogP contribution in [0.25, 0.3) is 0 Å². The van der Waals surface area contributed by atoms with E-state index >= 15 is 0 Å². The Morgan fingerprint density at radius 1 is 1.45 bits per heavy atom. The highest BCUT2D eigenvalue weighted by atomic mass is 35.5. The van der Waals surface area contributed by atoms with Gasteiger partial charge in [-0.1, -0.05) is 25.4 Å². The van der Waals surface area contributed by atoms with Crippen LogP contribution >= 0.6 is 11.6 Å². The molecule has 0 bridgehead atoms. The first kappa shape index (κ1) is 14.5. The molecule has 2 aromatic rings. The Balaban J connectivity index is 2.13. The summed E-state index contributed by atoms with van der Waals surface area (Å²) in [4.78, 5) is 20.0. The largest absolute Gasteiger partial charge is 0.377 e. The van der Waals surface area contributed by atoms with Gasteiger partial charge in [-0.3, -0.25) is 4.79 Å². The summed E-state index contributed by atoms with van der Waals surface area (Å²) in [6.07, 6.45) is 4.69. The minimum atomic E-state index is -0.284. The Kier molecular flexibility index (Phi) is 4.68. The number of aromatic nitrogens is 4. The minimum Gasteiger partial charge on any atom is -0.377 e. The third-order valence-electron chi connectivity index (χ3n) is 2.63. The zero-order valence-electron chi connectivity index (χ0n) is 11.4. The lowest BCUT2D eigenvalue weighted by Crippen LogP contribution is -2.26. The summed E-state index contributed by atoms with van der Waals surface area (Å²) in [6, 6.07) is 1.79. The van der Waals surface area contributed by atoms with Crippen molar-refractivity contribution >= 4 is 17.3 Å². The fourth-order valence-electron chi connectivity index (χ4n) is 1.67. The van der Waals surface area contributed by atoms with Gasteiger partial charge in [0.2, 0.25) is 0 Å². The van der Waals surface area contributed by atoms with Crippen molar-refractivity contribution < 1.29 is 0 Å². The van der Waals surface area contributed by atoms with E-state index in [2.05, 4.69) is 20.4 Å². The van der Waals surface area contributed by atoms with Crippen LogP contribution in [0.2, 0.25) is 5.02 Å². The van der Waals surface area contributed by atoms with Crippen molar-refractivity contribution in [3.05, 3.63) is 45.9 Å². The standard InChI is InChI=1S/C13H16ClN5O/c1-9(2)7-19-13(20)12(14)11(6-18-19)16-5-10-3-4-15-8-17-10/h3-4,6,8-9,16H,5,7H2,1-2H3. The van der Waals surface area contributed by atoms with Crippen molar-refractivity contribution in [2.45, 2.75) is 26.9 Å². The zero-order chi connectivity index (χ0) is 14.5. The number of nitrogens with zero attached hydrogens (tertiary/aromatic N) is 4. The van der Waals surface area contributed by atoms with Crippen LogP contribution in [-0.4, -0.2) is 19.7 Å². The Hall–Kier alpha value is -1.95. The highest BCUT2D eigenvalue weighted by Gasteiger charge is 2.10. The molecule has 0 aromatic carbocycles. The smallest absolute Gasteiger partial charge is 0.287 e. The molecule has 2 heterocycles. The van der Waals surface area contributed by atoms with E-state index in [1.54, 1.807) is 18.5 Å². The maximum atomic E-state index is 12.0. The van der Waals surface area contributed by atoms with Gasteiger partial charge in [0.25, 0.3) is 5.56 Å². The van der Waals surface area contributed by atoms with Crippen molar-refractivity contribution in [1.82, 2.24) is 19.7 Å². The minimum absolute atomic E-state index is 0.148. The molecule has 0 fully saturated rings. The van der Waals surface area contributed by atoms with Gasteiger partial charge in [0.15, 0.2) is 0 Å². The van der Waals surface area contributed by atoms with Crippen molar-refractivity contribution in [3.8, 4) is 0 Å². The molecule has 6 nitrogen and oxygen atoms in total. The van der Waals surface area contributed by atoms with E-state index < -0.39 is 0 Å². The number of anilines is 1. The monoisotopic (exact) mass is 293 g/mol. The van der Waals surface area contributed by atoms with Crippen LogP contribution in [0.15, 0.2) is 29.6 Å². The molecule has 20 heavy (non-hydrogen) atoms. The van der Waals surface area contributed by atoms with Gasteiger partial charge in [0.05, 0.1) is 24.1 Å². The number of hydrogen-bond acceptors (Lipinski definition) is 5. The molecule has 106 valence electrons. The van der Waals surface area contributed by atoms with Gasteiger partial charge in [-0.15, -0.1) is 0 Å². The van der Waals surface area contributed by atoms with Gasteiger partial charge in [-0.05, 0) is 12.0 Å². The quantitative estimate of drug-likeness (QED) is 0.912. The summed E-state index contributed by atoms with van der Waals surface area (Å²) in [5.41, 5.74) is 1.03. The molecule has 0 aliphatic heterocycles. The first-order valence-electron chi connectivity index (χ1n) is 6.32. The maximum Gasteiger partial charge on any atom is 0.287 e. The van der Waals surface area contributed by atoms with E-state index in [0.29, 0.717) is 24.7 Å². The highest BCUT2D eigenvalue weighted by molar-refractivity contribution is 6.32. The Morgan fingerprint density at radius 2 is 2.25 bits per heavy atom. The summed E-state index contributed by atoms with van der Waals surface area (Å²) in [7, 11) is 0. The van der Waals surface area contributed by atoms with Crippen molar-refractivity contribution in [2.24, 2.45) is 5.92 Å². The van der Waals surface area contributed by atoms with E-state index in [4.69, 9.17) is 11.6 Å². The lowest BCUT2D eigenvalue weighted by Gasteiger charge is -2.11. The fraction of sp³-hybridized carbons (Fsp3) is 0.385. The third-order valence-corrected chi connectivity index (χ3v) is 2.99. The van der Waals surface area contributed by atoms with Crippen LogP contribution < -0.4 is 10.9 Å². The maximum absolute atomic E-state index is 12.0.